The van der Waals surface area contributed by atoms with Crippen LogP contribution in [-0.4, -0.2) is 22.1 Å². The van der Waals surface area contributed by atoms with E-state index in [0.29, 0.717) is 0 Å². The summed E-state index contributed by atoms with van der Waals surface area (Å²) in [4.78, 5) is 24.0. The van der Waals surface area contributed by atoms with Gasteiger partial charge in [-0.1, -0.05) is 54.1 Å². The molecule has 130 valence electrons. The van der Waals surface area contributed by atoms with Crippen LogP contribution in [0, 0.1) is 0 Å². The first-order valence-corrected chi connectivity index (χ1v) is 8.07. The van der Waals surface area contributed by atoms with Gasteiger partial charge in [0.2, 0.25) is 0 Å². The first-order chi connectivity index (χ1) is 12.5. The van der Waals surface area contributed by atoms with Crippen molar-refractivity contribution in [3.05, 3.63) is 82.9 Å². The zero-order chi connectivity index (χ0) is 18.7. The molecule has 3 aromatic rings. The molecular weight excluding hydrogens is 354 g/mol. The van der Waals surface area contributed by atoms with Crippen molar-refractivity contribution < 1.29 is 19.8 Å². The molecule has 6 heteroatoms. The van der Waals surface area contributed by atoms with E-state index in [1.165, 1.54) is 24.3 Å². The summed E-state index contributed by atoms with van der Waals surface area (Å²) >= 11 is 5.82. The van der Waals surface area contributed by atoms with Crippen molar-refractivity contribution in [2.75, 3.05) is 5.32 Å². The predicted molar refractivity (Wildman–Crippen MR) is 99.9 cm³/mol. The first kappa shape index (κ1) is 17.5. The summed E-state index contributed by atoms with van der Waals surface area (Å²) < 4.78 is 0. The molecule has 3 rings (SSSR count). The molecule has 0 aliphatic carbocycles. The lowest BCUT2D eigenvalue weighted by Gasteiger charge is -2.12. The molecular formula is C20H14ClNO4. The average Bonchev–Trinajstić information content (AvgIpc) is 2.64. The Morgan fingerprint density at radius 3 is 2.27 bits per heavy atom. The lowest BCUT2D eigenvalue weighted by Crippen LogP contribution is -2.15. The third kappa shape index (κ3) is 3.53. The van der Waals surface area contributed by atoms with E-state index in [1.807, 2.05) is 30.3 Å². The van der Waals surface area contributed by atoms with Crippen LogP contribution < -0.4 is 5.32 Å². The number of carbonyl (C=O) groups excluding carboxylic acids is 1. The van der Waals surface area contributed by atoms with Crippen molar-refractivity contribution in [2.45, 2.75) is 0 Å². The molecule has 0 fully saturated rings. The summed E-state index contributed by atoms with van der Waals surface area (Å²) in [7, 11) is 0. The van der Waals surface area contributed by atoms with E-state index in [0.717, 1.165) is 11.1 Å². The van der Waals surface area contributed by atoms with Crippen molar-refractivity contribution in [1.82, 2.24) is 0 Å². The normalized spacial score (nSPS) is 10.3. The van der Waals surface area contributed by atoms with E-state index in [1.54, 1.807) is 12.1 Å². The van der Waals surface area contributed by atoms with Crippen LogP contribution in [0.25, 0.3) is 11.1 Å². The van der Waals surface area contributed by atoms with Gasteiger partial charge in [-0.25, -0.2) is 4.79 Å². The number of halogens is 1. The number of para-hydroxylation sites is 1. The van der Waals surface area contributed by atoms with Crippen LogP contribution in [0.4, 0.5) is 5.69 Å². The fourth-order valence-electron chi connectivity index (χ4n) is 2.53. The fraction of sp³-hybridized carbons (Fsp3) is 0. The molecule has 0 aliphatic heterocycles. The molecule has 3 N–H and O–H groups in total. The number of benzene rings is 3. The standard InChI is InChI=1S/C20H14ClNO4/c21-16-8-4-7-15(18(16)23)19(24)22-17-11-13(9-10-14(17)20(25)26)12-5-2-1-3-6-12/h1-11,23H,(H,22,24)(H,25,26). The SMILES string of the molecule is O=C(O)c1ccc(-c2ccccc2)cc1NC(=O)c1cccc(Cl)c1O. The van der Waals surface area contributed by atoms with Crippen LogP contribution in [0.15, 0.2) is 66.7 Å². The van der Waals surface area contributed by atoms with Crippen LogP contribution in [0.2, 0.25) is 5.02 Å². The molecule has 0 aromatic heterocycles. The second kappa shape index (κ2) is 7.29. The average molecular weight is 368 g/mol. The van der Waals surface area contributed by atoms with Crippen molar-refractivity contribution in [2.24, 2.45) is 0 Å². The fourth-order valence-corrected chi connectivity index (χ4v) is 2.71. The molecule has 0 aliphatic rings. The van der Waals surface area contributed by atoms with Gasteiger partial charge in [0.1, 0.15) is 5.75 Å². The Morgan fingerprint density at radius 1 is 0.846 bits per heavy atom. The Balaban J connectivity index is 2.01. The highest BCUT2D eigenvalue weighted by atomic mass is 35.5. The molecule has 5 nitrogen and oxygen atoms in total. The van der Waals surface area contributed by atoms with Gasteiger partial charge in [0.25, 0.3) is 5.91 Å². The van der Waals surface area contributed by atoms with Gasteiger partial charge in [-0.2, -0.15) is 0 Å². The molecule has 0 saturated heterocycles. The van der Waals surface area contributed by atoms with Crippen molar-refractivity contribution in [1.29, 1.82) is 0 Å². The summed E-state index contributed by atoms with van der Waals surface area (Å²) in [5, 5.41) is 21.9. The smallest absolute Gasteiger partial charge is 0.337 e. The van der Waals surface area contributed by atoms with Crippen molar-refractivity contribution >= 4 is 29.2 Å². The monoisotopic (exact) mass is 367 g/mol. The molecule has 0 radical (unpaired) electrons. The summed E-state index contributed by atoms with van der Waals surface area (Å²) in [6.45, 7) is 0. The number of hydrogen-bond donors (Lipinski definition) is 3. The number of aromatic hydroxyl groups is 1. The minimum absolute atomic E-state index is 0.0362. The highest BCUT2D eigenvalue weighted by molar-refractivity contribution is 6.32. The highest BCUT2D eigenvalue weighted by Crippen LogP contribution is 2.30. The third-order valence-electron chi connectivity index (χ3n) is 3.84. The molecule has 3 aromatic carbocycles. The topological polar surface area (TPSA) is 86.6 Å². The molecule has 1 amide bonds. The summed E-state index contributed by atoms with van der Waals surface area (Å²) in [6.07, 6.45) is 0. The Bertz CT molecular complexity index is 986. The minimum atomic E-state index is -1.17. The Hall–Kier alpha value is -3.31. The lowest BCUT2D eigenvalue weighted by molar-refractivity contribution is 0.0698. The number of nitrogens with one attached hydrogen (secondary N) is 1. The molecule has 26 heavy (non-hydrogen) atoms. The predicted octanol–water partition coefficient (Wildman–Crippen LogP) is 4.66. The van der Waals surface area contributed by atoms with E-state index in [2.05, 4.69) is 5.32 Å². The van der Waals surface area contributed by atoms with Gasteiger partial charge >= 0.3 is 5.97 Å². The summed E-state index contributed by atoms with van der Waals surface area (Å²) in [6, 6.07) is 18.4. The number of amides is 1. The number of phenolic OH excluding ortho intramolecular Hbond substituents is 1. The van der Waals surface area contributed by atoms with Gasteiger partial charge in [0.05, 0.1) is 21.8 Å². The van der Waals surface area contributed by atoms with Gasteiger partial charge in [-0.15, -0.1) is 0 Å². The van der Waals surface area contributed by atoms with Gasteiger partial charge in [-0.3, -0.25) is 4.79 Å². The van der Waals surface area contributed by atoms with Crippen LogP contribution in [0.3, 0.4) is 0 Å². The quantitative estimate of drug-likeness (QED) is 0.625. The molecule has 0 saturated carbocycles. The van der Waals surface area contributed by atoms with Crippen LogP contribution >= 0.6 is 11.6 Å². The lowest BCUT2D eigenvalue weighted by atomic mass is 10.0. The Kier molecular flexibility index (Phi) is 4.91. The Morgan fingerprint density at radius 2 is 1.58 bits per heavy atom. The molecule has 0 unspecified atom stereocenters. The van der Waals surface area contributed by atoms with Crippen LogP contribution in [0.1, 0.15) is 20.7 Å². The number of hydrogen-bond acceptors (Lipinski definition) is 3. The highest BCUT2D eigenvalue weighted by Gasteiger charge is 2.18. The van der Waals surface area contributed by atoms with E-state index in [9.17, 15) is 19.8 Å². The molecule has 0 spiro atoms. The third-order valence-corrected chi connectivity index (χ3v) is 4.14. The summed E-state index contributed by atoms with van der Waals surface area (Å²) in [5.41, 5.74) is 1.66. The van der Waals surface area contributed by atoms with Gasteiger partial charge in [-0.05, 0) is 35.4 Å². The van der Waals surface area contributed by atoms with Gasteiger partial charge in [0.15, 0.2) is 0 Å². The number of phenols is 1. The van der Waals surface area contributed by atoms with Gasteiger partial charge < -0.3 is 15.5 Å². The van der Waals surface area contributed by atoms with E-state index >= 15 is 0 Å². The maximum absolute atomic E-state index is 12.5. The van der Waals surface area contributed by atoms with E-state index in [-0.39, 0.29) is 27.6 Å². The molecule has 0 heterocycles. The zero-order valence-electron chi connectivity index (χ0n) is 13.4. The molecule has 0 atom stereocenters. The van der Waals surface area contributed by atoms with Crippen molar-refractivity contribution in [3.8, 4) is 16.9 Å². The second-order valence-electron chi connectivity index (χ2n) is 5.52. The number of anilines is 1. The summed E-state index contributed by atoms with van der Waals surface area (Å²) in [5.74, 6) is -2.18. The minimum Gasteiger partial charge on any atom is -0.506 e. The number of carboxylic acid groups (broad SMARTS) is 1. The Labute approximate surface area is 154 Å². The second-order valence-corrected chi connectivity index (χ2v) is 5.93. The van der Waals surface area contributed by atoms with Crippen molar-refractivity contribution in [3.63, 3.8) is 0 Å². The number of carboxylic acids is 1. The number of aromatic carboxylic acids is 1. The first-order valence-electron chi connectivity index (χ1n) is 7.69. The maximum Gasteiger partial charge on any atom is 0.337 e. The van der Waals surface area contributed by atoms with Crippen LogP contribution in [0.5, 0.6) is 5.75 Å². The van der Waals surface area contributed by atoms with E-state index < -0.39 is 11.9 Å². The van der Waals surface area contributed by atoms with E-state index in [4.69, 9.17) is 11.6 Å². The largest absolute Gasteiger partial charge is 0.506 e. The molecule has 0 bridgehead atoms. The van der Waals surface area contributed by atoms with Crippen LogP contribution in [-0.2, 0) is 0 Å². The number of rotatable bonds is 4. The zero-order valence-corrected chi connectivity index (χ0v) is 14.2. The van der Waals surface area contributed by atoms with Gasteiger partial charge in [0, 0.05) is 0 Å². The maximum atomic E-state index is 12.5. The number of carbonyl (C=O) groups is 2.